The largest absolute Gasteiger partial charge is 0.503 e. The molecule has 0 saturated heterocycles. The van der Waals surface area contributed by atoms with Crippen LogP contribution >= 0.6 is 22.7 Å². The molecule has 3 heterocycles. The Labute approximate surface area is 220 Å². The molecule has 5 rings (SSSR count). The molecule has 0 spiro atoms. The third kappa shape index (κ3) is 4.09. The lowest BCUT2D eigenvalue weighted by molar-refractivity contribution is -0.117. The Hall–Kier alpha value is -3.96. The number of amides is 1. The van der Waals surface area contributed by atoms with Gasteiger partial charge in [-0.1, -0.05) is 17.4 Å². The summed E-state index contributed by atoms with van der Waals surface area (Å²) < 4.78 is 17.0. The van der Waals surface area contributed by atoms with E-state index in [1.807, 2.05) is 6.07 Å². The molecule has 2 aromatic heterocycles. The fourth-order valence-electron chi connectivity index (χ4n) is 4.36. The van der Waals surface area contributed by atoms with Crippen molar-refractivity contribution in [1.82, 2.24) is 9.97 Å². The van der Waals surface area contributed by atoms with Crippen molar-refractivity contribution in [1.29, 1.82) is 0 Å². The van der Waals surface area contributed by atoms with E-state index in [9.17, 15) is 14.7 Å². The Bertz CT molecular complexity index is 1590. The number of ether oxygens (including phenoxy) is 3. The monoisotopic (exact) mass is 537 g/mol. The molecular formula is C26H23N3O6S2. The zero-order valence-electron chi connectivity index (χ0n) is 20.7. The van der Waals surface area contributed by atoms with Crippen molar-refractivity contribution in [2.75, 3.05) is 26.2 Å². The molecule has 190 valence electrons. The lowest BCUT2D eigenvalue weighted by Gasteiger charge is -2.25. The van der Waals surface area contributed by atoms with Crippen molar-refractivity contribution in [3.05, 3.63) is 68.9 Å². The highest BCUT2D eigenvalue weighted by Gasteiger charge is 2.46. The zero-order valence-corrected chi connectivity index (χ0v) is 22.3. The van der Waals surface area contributed by atoms with Crippen molar-refractivity contribution in [3.63, 3.8) is 0 Å². The van der Waals surface area contributed by atoms with Gasteiger partial charge in [-0.15, -0.1) is 11.3 Å². The van der Waals surface area contributed by atoms with Crippen LogP contribution in [0, 0.1) is 13.8 Å². The Balaban J connectivity index is 1.70. The molecule has 4 aromatic rings. The highest BCUT2D eigenvalue weighted by atomic mass is 32.1. The van der Waals surface area contributed by atoms with E-state index in [-0.39, 0.29) is 5.57 Å². The van der Waals surface area contributed by atoms with Crippen molar-refractivity contribution < 1.29 is 28.9 Å². The summed E-state index contributed by atoms with van der Waals surface area (Å²) in [7, 11) is 4.60. The van der Waals surface area contributed by atoms with Gasteiger partial charge < -0.3 is 19.3 Å². The summed E-state index contributed by atoms with van der Waals surface area (Å²) in [5, 5.41) is 12.1. The predicted molar refractivity (Wildman–Crippen MR) is 142 cm³/mol. The molecule has 37 heavy (non-hydrogen) atoms. The molecule has 0 fully saturated rings. The van der Waals surface area contributed by atoms with Gasteiger partial charge in [0, 0.05) is 0 Å². The standard InChI is InChI=1S/C26H23N3O6S2/c1-12-24(36-13(2)27-12)22(30)20-21(14-6-9-17(34-4)18(10-14)35-5)29(25(32)23(20)31)26-28-16-8-7-15(33-3)11-19(16)37-26/h6-11,21,31H,1-5H3. The van der Waals surface area contributed by atoms with E-state index in [2.05, 4.69) is 9.97 Å². The molecule has 2 aromatic carbocycles. The molecule has 11 heteroatoms. The number of benzene rings is 2. The maximum absolute atomic E-state index is 13.8. The average Bonchev–Trinajstić information content (AvgIpc) is 3.55. The second kappa shape index (κ2) is 9.49. The van der Waals surface area contributed by atoms with Crippen LogP contribution in [0.3, 0.4) is 0 Å². The van der Waals surface area contributed by atoms with Crippen LogP contribution in [0.15, 0.2) is 47.7 Å². The quantitative estimate of drug-likeness (QED) is 0.321. The average molecular weight is 538 g/mol. The Morgan fingerprint density at radius 3 is 2.38 bits per heavy atom. The van der Waals surface area contributed by atoms with E-state index >= 15 is 0 Å². The Kier molecular flexibility index (Phi) is 6.34. The molecule has 1 amide bonds. The molecule has 1 aliphatic heterocycles. The number of hydrogen-bond acceptors (Lipinski definition) is 10. The number of aromatic nitrogens is 2. The van der Waals surface area contributed by atoms with Crippen LogP contribution in [0.1, 0.15) is 32.0 Å². The van der Waals surface area contributed by atoms with Crippen molar-refractivity contribution in [3.8, 4) is 17.2 Å². The van der Waals surface area contributed by atoms with Crippen LogP contribution in [0.2, 0.25) is 0 Å². The van der Waals surface area contributed by atoms with E-state index in [4.69, 9.17) is 14.2 Å². The van der Waals surface area contributed by atoms with Gasteiger partial charge in [0.05, 0.1) is 58.7 Å². The van der Waals surface area contributed by atoms with Crippen LogP contribution in [0.5, 0.6) is 17.2 Å². The van der Waals surface area contributed by atoms with Crippen LogP contribution in [0.25, 0.3) is 10.2 Å². The van der Waals surface area contributed by atoms with Crippen LogP contribution < -0.4 is 19.1 Å². The number of carbonyl (C=O) groups excluding carboxylic acids is 2. The first-order valence-electron chi connectivity index (χ1n) is 11.2. The summed E-state index contributed by atoms with van der Waals surface area (Å²) in [6.45, 7) is 3.53. The SMILES string of the molecule is COc1ccc2nc(N3C(=O)C(O)=C(C(=O)c4sc(C)nc4C)C3c3ccc(OC)c(OC)c3)sc2c1. The van der Waals surface area contributed by atoms with Gasteiger partial charge in [-0.3, -0.25) is 14.5 Å². The number of Topliss-reactive ketones (excluding diaryl/α,β-unsaturated/α-hetero) is 1. The summed E-state index contributed by atoms with van der Waals surface area (Å²) in [5.41, 5.74) is 1.71. The summed E-state index contributed by atoms with van der Waals surface area (Å²) in [5.74, 6) is -0.229. The second-order valence-electron chi connectivity index (χ2n) is 8.26. The predicted octanol–water partition coefficient (Wildman–Crippen LogP) is 5.18. The van der Waals surface area contributed by atoms with E-state index in [1.165, 1.54) is 41.8 Å². The number of nitrogens with zero attached hydrogens (tertiary/aromatic N) is 3. The minimum Gasteiger partial charge on any atom is -0.503 e. The first kappa shape index (κ1) is 24.7. The first-order valence-corrected chi connectivity index (χ1v) is 12.8. The van der Waals surface area contributed by atoms with Gasteiger partial charge in [0.25, 0.3) is 5.91 Å². The molecule has 1 N–H and O–H groups in total. The van der Waals surface area contributed by atoms with E-state index in [1.54, 1.807) is 51.3 Å². The first-order chi connectivity index (χ1) is 17.8. The number of aryl methyl sites for hydroxylation is 2. The molecular weight excluding hydrogens is 514 g/mol. The van der Waals surface area contributed by atoms with Crippen LogP contribution in [-0.4, -0.2) is 48.1 Å². The van der Waals surface area contributed by atoms with Gasteiger partial charge in [0.2, 0.25) is 5.78 Å². The number of ketones is 1. The normalized spacial score (nSPS) is 15.5. The van der Waals surface area contributed by atoms with Gasteiger partial charge in [-0.25, -0.2) is 9.97 Å². The molecule has 0 radical (unpaired) electrons. The number of anilines is 1. The van der Waals surface area contributed by atoms with Gasteiger partial charge in [0.1, 0.15) is 5.75 Å². The lowest BCUT2D eigenvalue weighted by atomic mass is 9.95. The number of aliphatic hydroxyl groups excluding tert-OH is 1. The molecule has 1 aliphatic rings. The third-order valence-corrected chi connectivity index (χ3v) is 8.17. The van der Waals surface area contributed by atoms with Crippen molar-refractivity contribution in [2.24, 2.45) is 0 Å². The second-order valence-corrected chi connectivity index (χ2v) is 10.5. The zero-order chi connectivity index (χ0) is 26.4. The van der Waals surface area contributed by atoms with Gasteiger partial charge in [-0.2, -0.15) is 0 Å². The van der Waals surface area contributed by atoms with Crippen molar-refractivity contribution in [2.45, 2.75) is 19.9 Å². The molecule has 0 bridgehead atoms. The fraction of sp³-hybridized carbons (Fsp3) is 0.231. The highest BCUT2D eigenvalue weighted by molar-refractivity contribution is 7.22. The van der Waals surface area contributed by atoms with E-state index in [0.29, 0.717) is 49.0 Å². The lowest BCUT2D eigenvalue weighted by Crippen LogP contribution is -2.31. The highest BCUT2D eigenvalue weighted by Crippen LogP contribution is 2.46. The molecule has 1 unspecified atom stereocenters. The number of hydrogen-bond donors (Lipinski definition) is 1. The number of methoxy groups -OCH3 is 3. The Morgan fingerprint density at radius 1 is 0.973 bits per heavy atom. The molecule has 9 nitrogen and oxygen atoms in total. The minimum atomic E-state index is -0.955. The minimum absolute atomic E-state index is 0.0409. The topological polar surface area (TPSA) is 111 Å². The molecule has 0 aliphatic carbocycles. The maximum atomic E-state index is 13.8. The summed E-state index contributed by atoms with van der Waals surface area (Å²) >= 11 is 2.48. The Morgan fingerprint density at radius 2 is 1.73 bits per heavy atom. The van der Waals surface area contributed by atoms with Crippen molar-refractivity contribution >= 4 is 49.7 Å². The number of thiazole rings is 2. The molecule has 0 saturated carbocycles. The van der Waals surface area contributed by atoms with Crippen LogP contribution in [-0.2, 0) is 4.79 Å². The van der Waals surface area contributed by atoms with E-state index in [0.717, 1.165) is 4.70 Å². The summed E-state index contributed by atoms with van der Waals surface area (Å²) in [6.07, 6.45) is 0. The summed E-state index contributed by atoms with van der Waals surface area (Å²) in [4.78, 5) is 38.1. The number of fused-ring (bicyclic) bond motifs is 1. The van der Waals surface area contributed by atoms with Crippen LogP contribution in [0.4, 0.5) is 5.13 Å². The van der Waals surface area contributed by atoms with Gasteiger partial charge in [-0.05, 0) is 49.7 Å². The van der Waals surface area contributed by atoms with E-state index < -0.39 is 23.5 Å². The molecule has 1 atom stereocenters. The number of carbonyl (C=O) groups is 2. The van der Waals surface area contributed by atoms with Gasteiger partial charge >= 0.3 is 0 Å². The number of rotatable bonds is 7. The summed E-state index contributed by atoms with van der Waals surface area (Å²) in [6, 6.07) is 9.57. The third-order valence-electron chi connectivity index (χ3n) is 6.08. The number of aliphatic hydroxyl groups is 1. The smallest absolute Gasteiger partial charge is 0.296 e. The van der Waals surface area contributed by atoms with Gasteiger partial charge in [0.15, 0.2) is 22.4 Å². The fourth-order valence-corrected chi connectivity index (χ4v) is 6.25. The maximum Gasteiger partial charge on any atom is 0.296 e.